The van der Waals surface area contributed by atoms with E-state index < -0.39 is 0 Å². The first-order valence-electron chi connectivity index (χ1n) is 2.67. The Morgan fingerprint density at radius 2 is 2.29 bits per heavy atom. The molecule has 0 fully saturated rings. The molecule has 0 amide bonds. The van der Waals surface area contributed by atoms with Crippen molar-refractivity contribution in [2.24, 2.45) is 0 Å². The summed E-state index contributed by atoms with van der Waals surface area (Å²) in [6.07, 6.45) is 2.35. The zero-order valence-electron chi connectivity index (χ0n) is 4.87. The Labute approximate surface area is 50.2 Å². The number of hydrogen-bond donors (Lipinski definition) is 1. The highest BCUT2D eigenvalue weighted by Crippen LogP contribution is 1.93. The first-order chi connectivity index (χ1) is 3.31. The van der Waals surface area contributed by atoms with Crippen molar-refractivity contribution in [1.29, 1.82) is 0 Å². The van der Waals surface area contributed by atoms with E-state index in [-0.39, 0.29) is 0 Å². The van der Waals surface area contributed by atoms with Crippen LogP contribution in [0, 0.1) is 0 Å². The monoisotopic (exact) mass is 121 g/mol. The average Bonchev–Trinajstić information content (AvgIpc) is 1.68. The molecule has 0 unspecified atom stereocenters. The molecule has 0 aromatic heterocycles. The van der Waals surface area contributed by atoms with Gasteiger partial charge in [0.2, 0.25) is 0 Å². The number of rotatable bonds is 3. The molecule has 0 spiro atoms. The van der Waals surface area contributed by atoms with Crippen molar-refractivity contribution in [3.8, 4) is 0 Å². The van der Waals surface area contributed by atoms with Gasteiger partial charge in [-0.15, -0.1) is 0 Å². The number of halogens is 1. The second-order valence-corrected chi connectivity index (χ2v) is 2.02. The van der Waals surface area contributed by atoms with Crippen molar-refractivity contribution in [3.63, 3.8) is 0 Å². The van der Waals surface area contributed by atoms with Gasteiger partial charge in [0.05, 0.1) is 0 Å². The van der Waals surface area contributed by atoms with Gasteiger partial charge in [-0.3, -0.25) is 0 Å². The zero-order valence-corrected chi connectivity index (χ0v) is 5.63. The molecule has 1 N–H and O–H groups in total. The maximum atomic E-state index is 5.28. The molecule has 2 heteroatoms. The lowest BCUT2D eigenvalue weighted by Crippen LogP contribution is -2.14. The third-order valence-electron chi connectivity index (χ3n) is 0.908. The van der Waals surface area contributed by atoms with Gasteiger partial charge in [-0.05, 0) is 25.1 Å². The molecule has 1 atom stereocenters. The third-order valence-corrected chi connectivity index (χ3v) is 1.28. The fourth-order valence-corrected chi connectivity index (χ4v) is 0.597. The van der Waals surface area contributed by atoms with Crippen molar-refractivity contribution < 1.29 is 0 Å². The summed E-state index contributed by atoms with van der Waals surface area (Å²) in [6.45, 7) is 4.21. The largest absolute Gasteiger partial charge is 0.231 e. The van der Waals surface area contributed by atoms with E-state index in [9.17, 15) is 0 Å². The summed E-state index contributed by atoms with van der Waals surface area (Å²) >= 11 is 5.28. The van der Waals surface area contributed by atoms with Crippen LogP contribution < -0.4 is 4.84 Å². The molecule has 0 aromatic carbocycles. The molecule has 0 saturated heterocycles. The van der Waals surface area contributed by atoms with Crippen LogP contribution in [0.3, 0.4) is 0 Å². The molecule has 0 aromatic rings. The molecule has 0 bridgehead atoms. The van der Waals surface area contributed by atoms with Crippen LogP contribution in [0.1, 0.15) is 26.7 Å². The molecule has 0 aliphatic carbocycles. The second kappa shape index (κ2) is 4.41. The van der Waals surface area contributed by atoms with Crippen LogP contribution in [0.5, 0.6) is 0 Å². The predicted octanol–water partition coefficient (Wildman–Crippen LogP) is 1.92. The summed E-state index contributed by atoms with van der Waals surface area (Å²) in [4.78, 5) is 2.64. The standard InChI is InChI=1S/C5H12ClN/c1-3-4-5(2)7-6/h5,7H,3-4H2,1-2H3/t5-/m1/s1. The SMILES string of the molecule is CCC[C@@H](C)NCl. The summed E-state index contributed by atoms with van der Waals surface area (Å²) in [5.74, 6) is 0. The van der Waals surface area contributed by atoms with Gasteiger partial charge in [-0.2, -0.15) is 0 Å². The van der Waals surface area contributed by atoms with Crippen LogP contribution in [0.15, 0.2) is 0 Å². The topological polar surface area (TPSA) is 12.0 Å². The van der Waals surface area contributed by atoms with Crippen molar-refractivity contribution in [1.82, 2.24) is 4.84 Å². The molecular weight excluding hydrogens is 110 g/mol. The molecule has 0 heterocycles. The van der Waals surface area contributed by atoms with Gasteiger partial charge in [0, 0.05) is 6.04 Å². The first-order valence-corrected chi connectivity index (χ1v) is 3.05. The van der Waals surface area contributed by atoms with Crippen LogP contribution >= 0.6 is 11.8 Å². The summed E-state index contributed by atoms with van der Waals surface area (Å²) in [6, 6.07) is 0.465. The molecule has 0 rings (SSSR count). The molecule has 0 saturated carbocycles. The smallest absolute Gasteiger partial charge is 0.0192 e. The van der Waals surface area contributed by atoms with E-state index in [1.54, 1.807) is 0 Å². The lowest BCUT2D eigenvalue weighted by atomic mass is 10.2. The number of hydrogen-bond acceptors (Lipinski definition) is 1. The van der Waals surface area contributed by atoms with E-state index in [4.69, 9.17) is 11.8 Å². The highest BCUT2D eigenvalue weighted by Gasteiger charge is 1.92. The summed E-state index contributed by atoms with van der Waals surface area (Å²) in [5.41, 5.74) is 0. The van der Waals surface area contributed by atoms with Crippen LogP contribution in [0.25, 0.3) is 0 Å². The van der Waals surface area contributed by atoms with Gasteiger partial charge in [0.25, 0.3) is 0 Å². The Bertz CT molecular complexity index is 39.1. The molecule has 1 nitrogen and oxygen atoms in total. The maximum Gasteiger partial charge on any atom is 0.0192 e. The Morgan fingerprint density at radius 3 is 2.43 bits per heavy atom. The average molecular weight is 122 g/mol. The van der Waals surface area contributed by atoms with E-state index in [0.717, 1.165) is 6.42 Å². The number of nitrogens with one attached hydrogen (secondary N) is 1. The maximum absolute atomic E-state index is 5.28. The first kappa shape index (κ1) is 7.25. The van der Waals surface area contributed by atoms with Crippen molar-refractivity contribution >= 4 is 11.8 Å². The van der Waals surface area contributed by atoms with Crippen LogP contribution in [0.4, 0.5) is 0 Å². The van der Waals surface area contributed by atoms with E-state index in [2.05, 4.69) is 18.7 Å². The minimum absolute atomic E-state index is 0.465. The highest BCUT2D eigenvalue weighted by atomic mass is 35.5. The van der Waals surface area contributed by atoms with Crippen molar-refractivity contribution in [2.75, 3.05) is 0 Å². The van der Waals surface area contributed by atoms with Gasteiger partial charge < -0.3 is 0 Å². The molecule has 0 aliphatic heterocycles. The van der Waals surface area contributed by atoms with Gasteiger partial charge in [0.15, 0.2) is 0 Å². The van der Waals surface area contributed by atoms with Gasteiger partial charge in [-0.25, -0.2) is 4.84 Å². The summed E-state index contributed by atoms with van der Waals surface area (Å²) in [7, 11) is 0. The van der Waals surface area contributed by atoms with Gasteiger partial charge in [-0.1, -0.05) is 13.3 Å². The molecule has 0 aliphatic rings. The summed E-state index contributed by atoms with van der Waals surface area (Å²) < 4.78 is 0. The van der Waals surface area contributed by atoms with E-state index in [1.165, 1.54) is 6.42 Å². The minimum atomic E-state index is 0.465. The molecular formula is C5H12ClN. The fourth-order valence-electron chi connectivity index (χ4n) is 0.488. The van der Waals surface area contributed by atoms with Crippen LogP contribution in [0.2, 0.25) is 0 Å². The lowest BCUT2D eigenvalue weighted by Gasteiger charge is -2.02. The van der Waals surface area contributed by atoms with Crippen molar-refractivity contribution in [3.05, 3.63) is 0 Å². The Hall–Kier alpha value is 0.250. The zero-order chi connectivity index (χ0) is 5.70. The van der Waals surface area contributed by atoms with E-state index in [0.29, 0.717) is 6.04 Å². The van der Waals surface area contributed by atoms with E-state index in [1.807, 2.05) is 0 Å². The second-order valence-electron chi connectivity index (χ2n) is 1.80. The highest BCUT2D eigenvalue weighted by molar-refractivity contribution is 6.13. The van der Waals surface area contributed by atoms with Crippen molar-refractivity contribution in [2.45, 2.75) is 32.7 Å². The fraction of sp³-hybridized carbons (Fsp3) is 1.00. The van der Waals surface area contributed by atoms with Gasteiger partial charge in [0.1, 0.15) is 0 Å². The molecule has 0 radical (unpaired) electrons. The molecule has 7 heavy (non-hydrogen) atoms. The third kappa shape index (κ3) is 4.10. The quantitative estimate of drug-likeness (QED) is 0.563. The molecule has 44 valence electrons. The van der Waals surface area contributed by atoms with Crippen LogP contribution in [-0.2, 0) is 0 Å². The van der Waals surface area contributed by atoms with Gasteiger partial charge >= 0.3 is 0 Å². The Kier molecular flexibility index (Phi) is 4.57. The predicted molar refractivity (Wildman–Crippen MR) is 33.4 cm³/mol. The lowest BCUT2D eigenvalue weighted by molar-refractivity contribution is 0.612. The van der Waals surface area contributed by atoms with E-state index >= 15 is 0 Å². The minimum Gasteiger partial charge on any atom is -0.231 e. The Morgan fingerprint density at radius 1 is 1.71 bits per heavy atom. The van der Waals surface area contributed by atoms with Crippen LogP contribution in [-0.4, -0.2) is 6.04 Å². The summed E-state index contributed by atoms with van der Waals surface area (Å²) in [5, 5.41) is 0. The normalized spacial score (nSPS) is 14.1. The Balaban J connectivity index is 2.83.